The van der Waals surface area contributed by atoms with Crippen molar-refractivity contribution in [3.63, 3.8) is 0 Å². The Balaban J connectivity index is 3.05. The fraction of sp³-hybridized carbons (Fsp3) is 0.700. The number of nitrogens with two attached hydrogens (primary N) is 1. The Labute approximate surface area is 95.3 Å². The smallest absolute Gasteiger partial charge is 0.141 e. The Bertz CT molecular complexity index is 336. The van der Waals surface area contributed by atoms with Crippen LogP contribution < -0.4 is 5.73 Å². The minimum atomic E-state index is 0.126. The summed E-state index contributed by atoms with van der Waals surface area (Å²) in [5.41, 5.74) is 6.65. The van der Waals surface area contributed by atoms with Crippen LogP contribution in [0.3, 0.4) is 0 Å². The Hall–Kier alpha value is -0.740. The second-order valence-electron chi connectivity index (χ2n) is 4.00. The van der Waals surface area contributed by atoms with Gasteiger partial charge < -0.3 is 10.5 Å². The second kappa shape index (κ2) is 4.86. The van der Waals surface area contributed by atoms with Gasteiger partial charge in [-0.05, 0) is 12.8 Å². The molecule has 0 bridgehead atoms. The molecule has 86 valence electrons. The standard InChI is InChI=1S/C10H18ClN3O/c1-6(2)8(5-15-4)14-10(12)9(11)7(3)13-14/h6,8H,5,12H2,1-4H3. The van der Waals surface area contributed by atoms with E-state index in [0.717, 1.165) is 5.69 Å². The lowest BCUT2D eigenvalue weighted by Gasteiger charge is -2.21. The summed E-state index contributed by atoms with van der Waals surface area (Å²) in [5, 5.41) is 4.87. The average Bonchev–Trinajstić information content (AvgIpc) is 2.42. The molecule has 1 aromatic heterocycles. The van der Waals surface area contributed by atoms with Gasteiger partial charge in [0, 0.05) is 7.11 Å². The fourth-order valence-electron chi connectivity index (χ4n) is 1.51. The number of rotatable bonds is 4. The van der Waals surface area contributed by atoms with E-state index in [0.29, 0.717) is 23.4 Å². The van der Waals surface area contributed by atoms with Crippen molar-refractivity contribution in [2.75, 3.05) is 19.5 Å². The summed E-state index contributed by atoms with van der Waals surface area (Å²) in [7, 11) is 1.67. The van der Waals surface area contributed by atoms with Gasteiger partial charge in [0.25, 0.3) is 0 Å². The number of nitrogens with zero attached hydrogens (tertiary/aromatic N) is 2. The molecule has 15 heavy (non-hydrogen) atoms. The van der Waals surface area contributed by atoms with Gasteiger partial charge in [-0.1, -0.05) is 25.4 Å². The van der Waals surface area contributed by atoms with Crippen molar-refractivity contribution in [2.24, 2.45) is 5.92 Å². The largest absolute Gasteiger partial charge is 0.383 e. The van der Waals surface area contributed by atoms with E-state index in [-0.39, 0.29) is 6.04 Å². The minimum Gasteiger partial charge on any atom is -0.383 e. The molecule has 0 aliphatic carbocycles. The molecule has 1 unspecified atom stereocenters. The number of nitrogen functional groups attached to an aromatic ring is 1. The summed E-state index contributed by atoms with van der Waals surface area (Å²) in [6, 6.07) is 0.126. The molecule has 0 spiro atoms. The second-order valence-corrected chi connectivity index (χ2v) is 4.37. The van der Waals surface area contributed by atoms with Crippen LogP contribution >= 0.6 is 11.6 Å². The van der Waals surface area contributed by atoms with Gasteiger partial charge in [-0.15, -0.1) is 0 Å². The molecular formula is C10H18ClN3O. The van der Waals surface area contributed by atoms with Crippen molar-refractivity contribution in [1.29, 1.82) is 0 Å². The number of hydrogen-bond acceptors (Lipinski definition) is 3. The SMILES string of the molecule is COCC(C(C)C)n1nc(C)c(Cl)c1N. The average molecular weight is 232 g/mol. The van der Waals surface area contributed by atoms with Crippen LogP contribution in [0.15, 0.2) is 0 Å². The zero-order valence-electron chi connectivity index (χ0n) is 9.62. The summed E-state index contributed by atoms with van der Waals surface area (Å²) in [5.74, 6) is 0.910. The molecule has 1 rings (SSSR count). The molecule has 1 atom stereocenters. The molecule has 5 heteroatoms. The van der Waals surface area contributed by atoms with Gasteiger partial charge in [0.05, 0.1) is 18.3 Å². The molecule has 0 aromatic carbocycles. The highest BCUT2D eigenvalue weighted by Gasteiger charge is 2.21. The normalized spacial score (nSPS) is 13.5. The van der Waals surface area contributed by atoms with Crippen LogP contribution in [0.5, 0.6) is 0 Å². The van der Waals surface area contributed by atoms with Crippen LogP contribution in [0.25, 0.3) is 0 Å². The number of aromatic nitrogens is 2. The van der Waals surface area contributed by atoms with E-state index >= 15 is 0 Å². The van der Waals surface area contributed by atoms with Gasteiger partial charge in [0.2, 0.25) is 0 Å². The Morgan fingerprint density at radius 1 is 1.53 bits per heavy atom. The first-order chi connectivity index (χ1) is 6.99. The quantitative estimate of drug-likeness (QED) is 0.865. The number of halogens is 1. The number of methoxy groups -OCH3 is 1. The van der Waals surface area contributed by atoms with E-state index in [1.54, 1.807) is 11.8 Å². The molecule has 4 nitrogen and oxygen atoms in total. The lowest BCUT2D eigenvalue weighted by molar-refractivity contribution is 0.127. The first kappa shape index (κ1) is 12.3. The molecule has 1 aromatic rings. The first-order valence-electron chi connectivity index (χ1n) is 4.98. The third kappa shape index (κ3) is 2.44. The highest BCUT2D eigenvalue weighted by atomic mass is 35.5. The van der Waals surface area contributed by atoms with E-state index < -0.39 is 0 Å². The number of ether oxygens (including phenoxy) is 1. The summed E-state index contributed by atoms with van der Waals surface area (Å²) < 4.78 is 6.92. The van der Waals surface area contributed by atoms with Crippen molar-refractivity contribution in [3.05, 3.63) is 10.7 Å². The van der Waals surface area contributed by atoms with E-state index in [1.807, 2.05) is 6.92 Å². The van der Waals surface area contributed by atoms with Gasteiger partial charge in [0.1, 0.15) is 10.8 Å². The number of anilines is 1. The number of hydrogen-bond donors (Lipinski definition) is 1. The molecule has 1 heterocycles. The maximum Gasteiger partial charge on any atom is 0.141 e. The monoisotopic (exact) mass is 231 g/mol. The molecule has 0 amide bonds. The Kier molecular flexibility index (Phi) is 3.99. The maximum absolute atomic E-state index is 6.00. The van der Waals surface area contributed by atoms with Gasteiger partial charge in [0.15, 0.2) is 0 Å². The van der Waals surface area contributed by atoms with Gasteiger partial charge >= 0.3 is 0 Å². The van der Waals surface area contributed by atoms with Crippen LogP contribution in [0.2, 0.25) is 5.02 Å². The summed E-state index contributed by atoms with van der Waals surface area (Å²) in [6.45, 7) is 6.64. The van der Waals surface area contributed by atoms with Gasteiger partial charge in [-0.25, -0.2) is 4.68 Å². The van der Waals surface area contributed by atoms with Crippen molar-refractivity contribution >= 4 is 17.4 Å². The first-order valence-corrected chi connectivity index (χ1v) is 5.35. The predicted molar refractivity (Wildman–Crippen MR) is 62.1 cm³/mol. The van der Waals surface area contributed by atoms with Crippen LogP contribution in [0.4, 0.5) is 5.82 Å². The highest BCUT2D eigenvalue weighted by molar-refractivity contribution is 6.33. The molecule has 0 aliphatic rings. The molecule has 0 fully saturated rings. The van der Waals surface area contributed by atoms with Crippen molar-refractivity contribution in [2.45, 2.75) is 26.8 Å². The number of aryl methyl sites for hydroxylation is 1. The zero-order chi connectivity index (χ0) is 11.6. The zero-order valence-corrected chi connectivity index (χ0v) is 10.4. The van der Waals surface area contributed by atoms with Crippen LogP contribution in [-0.2, 0) is 4.74 Å². The molecule has 0 saturated heterocycles. The van der Waals surface area contributed by atoms with Crippen molar-refractivity contribution in [3.8, 4) is 0 Å². The molecular weight excluding hydrogens is 214 g/mol. The molecule has 0 radical (unpaired) electrons. The van der Waals surface area contributed by atoms with Gasteiger partial charge in [-0.3, -0.25) is 0 Å². The van der Waals surface area contributed by atoms with E-state index in [9.17, 15) is 0 Å². The van der Waals surface area contributed by atoms with Gasteiger partial charge in [-0.2, -0.15) is 5.10 Å². The summed E-state index contributed by atoms with van der Waals surface area (Å²) in [4.78, 5) is 0. The lowest BCUT2D eigenvalue weighted by atomic mass is 10.1. The van der Waals surface area contributed by atoms with E-state index in [2.05, 4.69) is 18.9 Å². The van der Waals surface area contributed by atoms with Crippen LogP contribution in [-0.4, -0.2) is 23.5 Å². The third-order valence-corrected chi connectivity index (χ3v) is 2.94. The minimum absolute atomic E-state index is 0.126. The lowest BCUT2D eigenvalue weighted by Crippen LogP contribution is -2.22. The third-order valence-electron chi connectivity index (χ3n) is 2.47. The highest BCUT2D eigenvalue weighted by Crippen LogP contribution is 2.28. The van der Waals surface area contributed by atoms with Crippen LogP contribution in [0, 0.1) is 12.8 Å². The van der Waals surface area contributed by atoms with E-state index in [1.165, 1.54) is 0 Å². The summed E-state index contributed by atoms with van der Waals surface area (Å²) >= 11 is 6.00. The predicted octanol–water partition coefficient (Wildman–Crippen LogP) is 2.27. The van der Waals surface area contributed by atoms with Crippen LogP contribution in [0.1, 0.15) is 25.6 Å². The van der Waals surface area contributed by atoms with Crippen molar-refractivity contribution in [1.82, 2.24) is 9.78 Å². The van der Waals surface area contributed by atoms with Crippen molar-refractivity contribution < 1.29 is 4.74 Å². The summed E-state index contributed by atoms with van der Waals surface area (Å²) in [6.07, 6.45) is 0. The maximum atomic E-state index is 6.00. The molecule has 0 aliphatic heterocycles. The topological polar surface area (TPSA) is 53.1 Å². The Morgan fingerprint density at radius 2 is 2.13 bits per heavy atom. The molecule has 0 saturated carbocycles. The molecule has 2 N–H and O–H groups in total. The Morgan fingerprint density at radius 3 is 2.47 bits per heavy atom. The van der Waals surface area contributed by atoms with E-state index in [4.69, 9.17) is 22.1 Å². The fourth-order valence-corrected chi connectivity index (χ4v) is 1.64.